The molecule has 0 saturated heterocycles. The number of ether oxygens (including phenoxy) is 2. The summed E-state index contributed by atoms with van der Waals surface area (Å²) in [5, 5.41) is 3.05. The minimum atomic E-state index is -0.355. The summed E-state index contributed by atoms with van der Waals surface area (Å²) in [5.41, 5.74) is 0.851. The lowest BCUT2D eigenvalue weighted by Gasteiger charge is -2.10. The molecular weight excluding hydrogens is 245 g/mol. The summed E-state index contributed by atoms with van der Waals surface area (Å²) < 4.78 is 23.1. The van der Waals surface area contributed by atoms with Crippen molar-refractivity contribution in [2.75, 3.05) is 27.4 Å². The smallest absolute Gasteiger partial charge is 0.165 e. The molecule has 0 aromatic heterocycles. The van der Waals surface area contributed by atoms with Crippen molar-refractivity contribution in [2.24, 2.45) is 0 Å². The number of methoxy groups -OCH3 is 2. The number of benzene rings is 1. The Morgan fingerprint density at radius 1 is 1.41 bits per heavy atom. The van der Waals surface area contributed by atoms with E-state index in [0.29, 0.717) is 19.7 Å². The van der Waals surface area contributed by atoms with Gasteiger partial charge < -0.3 is 14.8 Å². The summed E-state index contributed by atoms with van der Waals surface area (Å²) in [6.45, 7) is 1.67. The largest absolute Gasteiger partial charge is 0.494 e. The molecule has 1 N–H and O–H groups in total. The van der Waals surface area contributed by atoms with Gasteiger partial charge in [0.05, 0.1) is 19.1 Å². The molecule has 1 atom stereocenters. The van der Waals surface area contributed by atoms with E-state index in [-0.39, 0.29) is 16.9 Å². The van der Waals surface area contributed by atoms with Crippen molar-refractivity contribution in [2.45, 2.75) is 11.9 Å². The number of rotatable bonds is 7. The van der Waals surface area contributed by atoms with Crippen LogP contribution in [0.3, 0.4) is 0 Å². The number of halogens is 2. The molecule has 3 nitrogen and oxygen atoms in total. The molecule has 0 aliphatic heterocycles. The zero-order valence-electron chi connectivity index (χ0n) is 10.0. The average molecular weight is 262 g/mol. The molecule has 17 heavy (non-hydrogen) atoms. The van der Waals surface area contributed by atoms with Crippen LogP contribution in [0, 0.1) is 5.82 Å². The Kier molecular flexibility index (Phi) is 6.26. The second kappa shape index (κ2) is 7.48. The first-order chi connectivity index (χ1) is 8.17. The van der Waals surface area contributed by atoms with E-state index in [1.54, 1.807) is 13.2 Å². The van der Waals surface area contributed by atoms with Crippen LogP contribution in [0.4, 0.5) is 4.39 Å². The molecule has 1 aromatic rings. The van der Waals surface area contributed by atoms with Gasteiger partial charge in [-0.15, -0.1) is 11.6 Å². The fraction of sp³-hybridized carbons (Fsp3) is 0.500. The monoisotopic (exact) mass is 261 g/mol. The van der Waals surface area contributed by atoms with Gasteiger partial charge in [0.25, 0.3) is 0 Å². The Morgan fingerprint density at radius 2 is 2.18 bits per heavy atom. The second-order valence-corrected chi connectivity index (χ2v) is 4.27. The Morgan fingerprint density at radius 3 is 2.76 bits per heavy atom. The minimum absolute atomic E-state index is 0.0805. The van der Waals surface area contributed by atoms with Gasteiger partial charge in [-0.05, 0) is 17.7 Å². The first-order valence-corrected chi connectivity index (χ1v) is 5.77. The van der Waals surface area contributed by atoms with E-state index < -0.39 is 0 Å². The first kappa shape index (κ1) is 14.2. The van der Waals surface area contributed by atoms with Crippen molar-refractivity contribution in [1.82, 2.24) is 5.32 Å². The second-order valence-electron chi connectivity index (χ2n) is 3.65. The van der Waals surface area contributed by atoms with Crippen molar-refractivity contribution < 1.29 is 13.9 Å². The van der Waals surface area contributed by atoms with E-state index in [4.69, 9.17) is 21.1 Å². The summed E-state index contributed by atoms with van der Waals surface area (Å²) in [6, 6.07) is 4.87. The van der Waals surface area contributed by atoms with Crippen LogP contribution in [-0.4, -0.2) is 32.7 Å². The van der Waals surface area contributed by atoms with E-state index in [1.807, 2.05) is 6.07 Å². The molecule has 0 spiro atoms. The van der Waals surface area contributed by atoms with Gasteiger partial charge in [-0.2, -0.15) is 0 Å². The van der Waals surface area contributed by atoms with Crippen LogP contribution in [0.5, 0.6) is 5.75 Å². The fourth-order valence-electron chi connectivity index (χ4n) is 1.43. The summed E-state index contributed by atoms with van der Waals surface area (Å²) in [6.07, 6.45) is 0. The summed E-state index contributed by atoms with van der Waals surface area (Å²) in [7, 11) is 3.05. The van der Waals surface area contributed by atoms with Crippen LogP contribution < -0.4 is 10.1 Å². The molecule has 1 aromatic carbocycles. The SMILES string of the molecule is COCC(Cl)CNCc1ccc(OC)c(F)c1. The normalized spacial score (nSPS) is 12.5. The van der Waals surface area contributed by atoms with Crippen molar-refractivity contribution in [3.05, 3.63) is 29.6 Å². The summed E-state index contributed by atoms with van der Waals surface area (Å²) in [5.74, 6) is -0.102. The van der Waals surface area contributed by atoms with Crippen molar-refractivity contribution in [3.8, 4) is 5.75 Å². The van der Waals surface area contributed by atoms with E-state index in [9.17, 15) is 4.39 Å². The quantitative estimate of drug-likeness (QED) is 0.763. The molecule has 5 heteroatoms. The third-order valence-electron chi connectivity index (χ3n) is 2.26. The van der Waals surface area contributed by atoms with Crippen molar-refractivity contribution in [3.63, 3.8) is 0 Å². The molecule has 0 heterocycles. The fourth-order valence-corrected chi connectivity index (χ4v) is 1.67. The molecule has 0 bridgehead atoms. The highest BCUT2D eigenvalue weighted by Crippen LogP contribution is 2.17. The van der Waals surface area contributed by atoms with E-state index in [1.165, 1.54) is 13.2 Å². The lowest BCUT2D eigenvalue weighted by Crippen LogP contribution is -2.25. The molecule has 96 valence electrons. The van der Waals surface area contributed by atoms with Gasteiger partial charge in [-0.1, -0.05) is 6.07 Å². The molecule has 0 radical (unpaired) electrons. The van der Waals surface area contributed by atoms with E-state index in [0.717, 1.165) is 5.56 Å². The Hall–Kier alpha value is -0.840. The highest BCUT2D eigenvalue weighted by Gasteiger charge is 2.05. The number of alkyl halides is 1. The molecule has 0 fully saturated rings. The third-order valence-corrected chi connectivity index (χ3v) is 2.54. The highest BCUT2D eigenvalue weighted by atomic mass is 35.5. The van der Waals surface area contributed by atoms with Gasteiger partial charge in [0.2, 0.25) is 0 Å². The van der Waals surface area contributed by atoms with Gasteiger partial charge in [-0.25, -0.2) is 4.39 Å². The zero-order chi connectivity index (χ0) is 12.7. The minimum Gasteiger partial charge on any atom is -0.494 e. The molecule has 1 unspecified atom stereocenters. The lowest BCUT2D eigenvalue weighted by atomic mass is 10.2. The third kappa shape index (κ3) is 4.89. The van der Waals surface area contributed by atoms with E-state index >= 15 is 0 Å². The number of nitrogens with one attached hydrogen (secondary N) is 1. The van der Waals surface area contributed by atoms with Crippen molar-refractivity contribution >= 4 is 11.6 Å². The maximum absolute atomic E-state index is 13.4. The molecular formula is C12H17ClFNO2. The van der Waals surface area contributed by atoms with Crippen molar-refractivity contribution in [1.29, 1.82) is 0 Å². The average Bonchev–Trinajstić information content (AvgIpc) is 2.29. The van der Waals surface area contributed by atoms with Crippen LogP contribution in [-0.2, 0) is 11.3 Å². The van der Waals surface area contributed by atoms with Crippen LogP contribution in [0.1, 0.15) is 5.56 Å². The molecule has 0 aliphatic carbocycles. The Balaban J connectivity index is 2.39. The zero-order valence-corrected chi connectivity index (χ0v) is 10.8. The maximum Gasteiger partial charge on any atom is 0.165 e. The molecule has 1 rings (SSSR count). The predicted octanol–water partition coefficient (Wildman–Crippen LogP) is 2.18. The number of hydrogen-bond donors (Lipinski definition) is 1. The summed E-state index contributed by atoms with van der Waals surface area (Å²) >= 11 is 5.94. The predicted molar refractivity (Wildman–Crippen MR) is 66.2 cm³/mol. The molecule has 0 aliphatic rings. The van der Waals surface area contributed by atoms with Crippen LogP contribution in [0.25, 0.3) is 0 Å². The summed E-state index contributed by atoms with van der Waals surface area (Å²) in [4.78, 5) is 0. The van der Waals surface area contributed by atoms with E-state index in [2.05, 4.69) is 5.32 Å². The highest BCUT2D eigenvalue weighted by molar-refractivity contribution is 6.20. The van der Waals surface area contributed by atoms with Gasteiger partial charge in [0, 0.05) is 20.2 Å². The number of hydrogen-bond acceptors (Lipinski definition) is 3. The lowest BCUT2D eigenvalue weighted by molar-refractivity contribution is 0.197. The molecule has 0 saturated carbocycles. The van der Waals surface area contributed by atoms with Gasteiger partial charge >= 0.3 is 0 Å². The Labute approximate surface area is 106 Å². The maximum atomic E-state index is 13.4. The van der Waals surface area contributed by atoms with Gasteiger partial charge in [0.15, 0.2) is 11.6 Å². The topological polar surface area (TPSA) is 30.5 Å². The standard InChI is InChI=1S/C12H17ClFNO2/c1-16-8-10(13)7-15-6-9-3-4-12(17-2)11(14)5-9/h3-5,10,15H,6-8H2,1-2H3. The molecule has 0 amide bonds. The van der Waals surface area contributed by atoms with Crippen LogP contribution in [0.2, 0.25) is 0 Å². The Bertz CT molecular complexity index is 349. The van der Waals surface area contributed by atoms with Crippen LogP contribution >= 0.6 is 11.6 Å². The van der Waals surface area contributed by atoms with Gasteiger partial charge in [-0.3, -0.25) is 0 Å². The first-order valence-electron chi connectivity index (χ1n) is 5.33. The van der Waals surface area contributed by atoms with Crippen LogP contribution in [0.15, 0.2) is 18.2 Å². The van der Waals surface area contributed by atoms with Gasteiger partial charge in [0.1, 0.15) is 0 Å².